The molecule has 5 amide bonds. The van der Waals surface area contributed by atoms with Crippen molar-refractivity contribution >= 4 is 62.2 Å². The number of sulfonamides is 1. The molecular weight excluding hydrogens is 1140 g/mol. The SMILES string of the molecule is CC(=O)N1CCN(C(=O)C(C)C)CC1.CC(C)C(=O)CCCN1CCCC1.CC(C)C(=O)CCCN1CCOCC1.CC(C)C(=O)N1CCN(S(C)(=O)=O)CC1.CC(C)C(=O)NCC#N.CC(C)C(=O)NCCN(C)C.CC(C)c1nc2ccccc2[nH]1. The van der Waals surface area contributed by atoms with E-state index < -0.39 is 10.0 Å². The third-order valence-corrected chi connectivity index (χ3v) is 15.9. The summed E-state index contributed by atoms with van der Waals surface area (Å²) in [6.07, 6.45) is 7.44. The quantitative estimate of drug-likeness (QED) is 0.115. The lowest BCUT2D eigenvalue weighted by molar-refractivity contribution is -0.140. The number of nitrogens with zero attached hydrogens (tertiary/aromatic N) is 9. The van der Waals surface area contributed by atoms with Crippen molar-refractivity contribution in [2.24, 2.45) is 35.5 Å². The van der Waals surface area contributed by atoms with E-state index in [0.29, 0.717) is 69.8 Å². The number of likely N-dealkylation sites (N-methyl/N-ethyl adjacent to an activating group) is 1. The Morgan fingerprint density at radius 3 is 1.43 bits per heavy atom. The van der Waals surface area contributed by atoms with E-state index in [1.54, 1.807) is 30.6 Å². The second-order valence-electron chi connectivity index (χ2n) is 25.2. The zero-order valence-electron chi connectivity index (χ0n) is 57.5. The third kappa shape index (κ3) is 37.6. The number of nitrogens with one attached hydrogen (secondary N) is 3. The van der Waals surface area contributed by atoms with Gasteiger partial charge in [0.05, 0.1) is 36.6 Å². The largest absolute Gasteiger partial charge is 0.379 e. The molecule has 0 aliphatic carbocycles. The smallest absolute Gasteiger partial charge is 0.225 e. The van der Waals surface area contributed by atoms with Gasteiger partial charge < -0.3 is 44.9 Å². The van der Waals surface area contributed by atoms with E-state index >= 15 is 0 Å². The second kappa shape index (κ2) is 45.8. The number of amides is 5. The summed E-state index contributed by atoms with van der Waals surface area (Å²) in [5.74, 6) is 3.30. The molecule has 504 valence electrons. The Morgan fingerprint density at radius 1 is 0.614 bits per heavy atom. The van der Waals surface area contributed by atoms with Crippen molar-refractivity contribution in [2.45, 2.75) is 148 Å². The molecule has 0 unspecified atom stereocenters. The van der Waals surface area contributed by atoms with Crippen molar-refractivity contribution in [3.63, 3.8) is 0 Å². The zero-order chi connectivity index (χ0) is 67.1. The number of ether oxygens (including phenoxy) is 1. The van der Waals surface area contributed by atoms with E-state index in [-0.39, 0.29) is 71.6 Å². The summed E-state index contributed by atoms with van der Waals surface area (Å²) >= 11 is 0. The molecule has 0 radical (unpaired) electrons. The molecule has 22 nitrogen and oxygen atoms in total. The highest BCUT2D eigenvalue weighted by Crippen LogP contribution is 2.17. The number of para-hydroxylation sites is 2. The molecule has 2 aromatic rings. The number of aromatic nitrogens is 2. The van der Waals surface area contributed by atoms with Crippen LogP contribution in [0.2, 0.25) is 0 Å². The Balaban J connectivity index is 0.00000101. The van der Waals surface area contributed by atoms with E-state index in [4.69, 9.17) is 10.00 Å². The normalized spacial score (nSPS) is 15.6. The van der Waals surface area contributed by atoms with Crippen molar-refractivity contribution < 1.29 is 46.7 Å². The summed E-state index contributed by atoms with van der Waals surface area (Å²) in [6.45, 7) is 43.3. The van der Waals surface area contributed by atoms with Crippen molar-refractivity contribution in [3.05, 3.63) is 30.1 Å². The third-order valence-electron chi connectivity index (χ3n) is 14.6. The van der Waals surface area contributed by atoms with E-state index in [1.165, 1.54) is 36.5 Å². The number of aromatic amines is 1. The molecule has 4 aliphatic rings. The molecular formula is C65H118N12O10S. The first kappa shape index (κ1) is 82.6. The summed E-state index contributed by atoms with van der Waals surface area (Å²) in [5.41, 5.74) is 2.18. The summed E-state index contributed by atoms with van der Waals surface area (Å²) in [5, 5.41) is 13.3. The maximum Gasteiger partial charge on any atom is 0.225 e. The Bertz CT molecular complexity index is 2430. The van der Waals surface area contributed by atoms with Gasteiger partial charge in [0.25, 0.3) is 0 Å². The lowest BCUT2D eigenvalue weighted by Crippen LogP contribution is -2.51. The predicted molar refractivity (Wildman–Crippen MR) is 353 cm³/mol. The van der Waals surface area contributed by atoms with E-state index in [2.05, 4.69) is 44.2 Å². The van der Waals surface area contributed by atoms with Gasteiger partial charge in [0, 0.05) is 140 Å². The number of benzene rings is 1. The number of likely N-dealkylation sites (tertiary alicyclic amines) is 1. The number of carbonyl (C=O) groups is 7. The summed E-state index contributed by atoms with van der Waals surface area (Å²) in [7, 11) is 0.875. The van der Waals surface area contributed by atoms with Crippen LogP contribution in [-0.2, 0) is 48.3 Å². The van der Waals surface area contributed by atoms with E-state index in [1.807, 2.05) is 123 Å². The maximum absolute atomic E-state index is 11.6. The van der Waals surface area contributed by atoms with Gasteiger partial charge >= 0.3 is 0 Å². The highest BCUT2D eigenvalue weighted by atomic mass is 32.2. The van der Waals surface area contributed by atoms with Crippen LogP contribution in [0.1, 0.15) is 154 Å². The molecule has 1 aromatic heterocycles. The van der Waals surface area contributed by atoms with Crippen LogP contribution in [0.4, 0.5) is 0 Å². The van der Waals surface area contributed by atoms with Gasteiger partial charge in [-0.25, -0.2) is 13.4 Å². The molecule has 4 fully saturated rings. The van der Waals surface area contributed by atoms with Gasteiger partial charge in [0.15, 0.2) is 0 Å². The number of ketones is 2. The lowest BCUT2D eigenvalue weighted by atomic mass is 10.0. The molecule has 4 saturated heterocycles. The van der Waals surface area contributed by atoms with Crippen LogP contribution in [0.5, 0.6) is 0 Å². The fourth-order valence-corrected chi connectivity index (χ4v) is 9.58. The number of imidazole rings is 1. The first-order valence-electron chi connectivity index (χ1n) is 32.1. The molecule has 0 saturated carbocycles. The van der Waals surface area contributed by atoms with Gasteiger partial charge in [-0.3, -0.25) is 38.5 Å². The first-order valence-corrected chi connectivity index (χ1v) is 34.0. The van der Waals surface area contributed by atoms with Crippen LogP contribution < -0.4 is 10.6 Å². The van der Waals surface area contributed by atoms with Crippen LogP contribution in [0.25, 0.3) is 11.0 Å². The van der Waals surface area contributed by atoms with Crippen LogP contribution in [0, 0.1) is 46.8 Å². The Morgan fingerprint density at radius 2 is 1.05 bits per heavy atom. The molecule has 3 N–H and O–H groups in total. The number of nitriles is 1. The molecule has 0 atom stereocenters. The molecule has 4 aliphatic heterocycles. The minimum atomic E-state index is -3.10. The number of rotatable bonds is 20. The topological polar surface area (TPSA) is 262 Å². The molecule has 6 rings (SSSR count). The van der Waals surface area contributed by atoms with Crippen LogP contribution in [-0.4, -0.2) is 238 Å². The van der Waals surface area contributed by atoms with Gasteiger partial charge in [0.1, 0.15) is 23.9 Å². The van der Waals surface area contributed by atoms with Crippen LogP contribution >= 0.6 is 0 Å². The number of fused-ring (bicyclic) bond motifs is 1. The fourth-order valence-electron chi connectivity index (χ4n) is 8.76. The highest BCUT2D eigenvalue weighted by molar-refractivity contribution is 7.88. The average molecular weight is 1260 g/mol. The standard InChI is InChI=1S/C11H21NO2.C11H21NO.C10H18N2O2.C10H12N2.C9H18N2O3S.C8H18N2O.C6H10N2O/c1-10(2)11(13)4-3-5-12-6-8-14-9-7-12;1-10(2)11(13)6-5-9-12-7-3-4-8-12;1-8(2)10(14)12-6-4-11(5-7-12)9(3)13;1-7(2)10-11-8-5-3-4-6-9(8)12-10;1-8(2)9(12)10-4-6-11(7-5-10)15(3,13)14;1-7(2)8(11)9-5-6-10(3)4;1-5(2)6(9)8-4-3-7/h10H,3-9H2,1-2H3;10H,3-9H2,1-2H3;8H,4-7H2,1-3H3;3-7H,1-2H3,(H,11,12);8H,4-7H2,1-3H3;7H,5-6H2,1-4H3,(H,9,11);5H,4H2,1-2H3,(H,8,9). The summed E-state index contributed by atoms with van der Waals surface area (Å²) in [4.78, 5) is 98.5. The Kier molecular flexibility index (Phi) is 43.0. The molecule has 1 aromatic carbocycles. The van der Waals surface area contributed by atoms with Gasteiger partial charge in [0.2, 0.25) is 39.6 Å². The zero-order valence-corrected chi connectivity index (χ0v) is 58.4. The number of H-pyrrole nitrogens is 1. The Hall–Kier alpha value is -5.38. The minimum Gasteiger partial charge on any atom is -0.379 e. The fraction of sp³-hybridized carbons (Fsp3) is 0.769. The molecule has 0 spiro atoms. The van der Waals surface area contributed by atoms with Gasteiger partial charge in [-0.05, 0) is 78.1 Å². The second-order valence-corrected chi connectivity index (χ2v) is 27.1. The summed E-state index contributed by atoms with van der Waals surface area (Å²) < 4.78 is 29.1. The van der Waals surface area contributed by atoms with Crippen LogP contribution in [0.15, 0.2) is 24.3 Å². The lowest BCUT2D eigenvalue weighted by Gasteiger charge is -2.35. The number of morpholine rings is 1. The molecule has 23 heteroatoms. The first-order chi connectivity index (χ1) is 41.2. The maximum atomic E-state index is 11.6. The van der Waals surface area contributed by atoms with Crippen molar-refractivity contribution in [1.29, 1.82) is 5.26 Å². The highest BCUT2D eigenvalue weighted by Gasteiger charge is 2.27. The number of carbonyl (C=O) groups excluding carboxylic acids is 7. The van der Waals surface area contributed by atoms with Gasteiger partial charge in [-0.15, -0.1) is 0 Å². The number of hydrogen-bond donors (Lipinski definition) is 3. The molecule has 0 bridgehead atoms. The van der Waals surface area contributed by atoms with Crippen molar-refractivity contribution in [3.8, 4) is 6.07 Å². The Labute approximate surface area is 531 Å². The average Bonchev–Trinajstić information content (AvgIpc) is 3.96. The number of hydrogen-bond acceptors (Lipinski definition) is 15. The van der Waals surface area contributed by atoms with Crippen LogP contribution in [0.3, 0.4) is 0 Å². The monoisotopic (exact) mass is 1260 g/mol. The number of Topliss-reactive ketones (excluding diaryl/α,β-unsaturated/α-hetero) is 2. The van der Waals surface area contributed by atoms with Crippen molar-refractivity contribution in [2.75, 3.05) is 145 Å². The van der Waals surface area contributed by atoms with Crippen molar-refractivity contribution in [1.82, 2.24) is 54.3 Å². The molecule has 5 heterocycles. The molecule has 88 heavy (non-hydrogen) atoms. The number of piperazine rings is 2. The minimum absolute atomic E-state index is 0.0187. The summed E-state index contributed by atoms with van der Waals surface area (Å²) in [6, 6.07) is 9.92. The van der Waals surface area contributed by atoms with E-state index in [0.717, 1.165) is 95.0 Å². The van der Waals surface area contributed by atoms with E-state index in [9.17, 15) is 42.0 Å². The predicted octanol–water partition coefficient (Wildman–Crippen LogP) is 6.78. The van der Waals surface area contributed by atoms with Gasteiger partial charge in [-0.2, -0.15) is 9.57 Å². The van der Waals surface area contributed by atoms with Gasteiger partial charge in [-0.1, -0.05) is 109 Å².